The van der Waals surface area contributed by atoms with Crippen LogP contribution in [0.5, 0.6) is 0 Å². The van der Waals surface area contributed by atoms with Crippen LogP contribution >= 0.6 is 0 Å². The Bertz CT molecular complexity index is 281. The van der Waals surface area contributed by atoms with E-state index in [1.807, 2.05) is 0 Å². The van der Waals surface area contributed by atoms with Gasteiger partial charge in [-0.25, -0.2) is 13.1 Å². The van der Waals surface area contributed by atoms with Gasteiger partial charge in [-0.2, -0.15) is 0 Å². The zero-order valence-corrected chi connectivity index (χ0v) is 8.01. The molecule has 0 spiro atoms. The second-order valence-corrected chi connectivity index (χ2v) is 5.08. The number of nitrogens with one attached hydrogen (secondary N) is 1. The molecule has 13 heavy (non-hydrogen) atoms. The summed E-state index contributed by atoms with van der Waals surface area (Å²) in [6.07, 6.45) is 1.89. The number of sulfonamides is 1. The summed E-state index contributed by atoms with van der Waals surface area (Å²) in [7, 11) is -3.23. The monoisotopic (exact) mass is 207 g/mol. The van der Waals surface area contributed by atoms with Crippen LogP contribution in [0.25, 0.3) is 0 Å². The second kappa shape index (κ2) is 4.06. The molecule has 0 heterocycles. The number of carboxylic acid groups (broad SMARTS) is 1. The van der Waals surface area contributed by atoms with Crippen LogP contribution in [-0.2, 0) is 14.8 Å². The van der Waals surface area contributed by atoms with Crippen LogP contribution < -0.4 is 4.72 Å². The summed E-state index contributed by atoms with van der Waals surface area (Å²) in [5.41, 5.74) is 0. The molecule has 0 amide bonds. The van der Waals surface area contributed by atoms with Crippen molar-refractivity contribution in [1.82, 2.24) is 4.72 Å². The lowest BCUT2D eigenvalue weighted by Crippen LogP contribution is -2.28. The normalized spacial score (nSPS) is 17.2. The van der Waals surface area contributed by atoms with Gasteiger partial charge in [0.2, 0.25) is 10.0 Å². The van der Waals surface area contributed by atoms with Gasteiger partial charge in [0.1, 0.15) is 0 Å². The third-order valence-electron chi connectivity index (χ3n) is 1.73. The van der Waals surface area contributed by atoms with Crippen LogP contribution in [0.3, 0.4) is 0 Å². The van der Waals surface area contributed by atoms with Gasteiger partial charge in [0.05, 0.1) is 5.75 Å². The smallest absolute Gasteiger partial charge is 0.303 e. The maximum absolute atomic E-state index is 11.2. The van der Waals surface area contributed by atoms with E-state index in [1.165, 1.54) is 0 Å². The average Bonchev–Trinajstić information content (AvgIpc) is 2.68. The highest BCUT2D eigenvalue weighted by molar-refractivity contribution is 7.89. The average molecular weight is 207 g/mol. The van der Waals surface area contributed by atoms with Crippen LogP contribution in [-0.4, -0.2) is 31.3 Å². The minimum atomic E-state index is -3.23. The Labute approximate surface area is 77.2 Å². The minimum Gasteiger partial charge on any atom is -0.481 e. The number of aliphatic carboxylic acids is 1. The molecule has 0 unspecified atom stereocenters. The molecule has 0 saturated heterocycles. The molecule has 6 heteroatoms. The van der Waals surface area contributed by atoms with Crippen molar-refractivity contribution in [3.05, 3.63) is 0 Å². The van der Waals surface area contributed by atoms with Crippen molar-refractivity contribution in [3.8, 4) is 0 Å². The van der Waals surface area contributed by atoms with E-state index in [2.05, 4.69) is 4.72 Å². The van der Waals surface area contributed by atoms with Crippen LogP contribution in [0, 0.1) is 0 Å². The molecule has 1 fully saturated rings. The first-order valence-corrected chi connectivity index (χ1v) is 5.86. The van der Waals surface area contributed by atoms with E-state index in [-0.39, 0.29) is 24.6 Å². The Hall–Kier alpha value is -0.620. The SMILES string of the molecule is O=C(O)CCCS(=O)(=O)NC1CC1. The Morgan fingerprint density at radius 2 is 2.08 bits per heavy atom. The van der Waals surface area contributed by atoms with Crippen LogP contribution in [0.2, 0.25) is 0 Å². The van der Waals surface area contributed by atoms with Gasteiger partial charge < -0.3 is 5.11 Å². The zero-order chi connectivity index (χ0) is 9.90. The van der Waals surface area contributed by atoms with Crippen molar-refractivity contribution in [1.29, 1.82) is 0 Å². The first kappa shape index (κ1) is 10.5. The second-order valence-electron chi connectivity index (χ2n) is 3.21. The number of carbonyl (C=O) groups is 1. The summed E-state index contributed by atoms with van der Waals surface area (Å²) in [6.45, 7) is 0. The molecule has 1 rings (SSSR count). The lowest BCUT2D eigenvalue weighted by molar-refractivity contribution is -0.137. The fourth-order valence-corrected chi connectivity index (χ4v) is 2.31. The summed E-state index contributed by atoms with van der Waals surface area (Å²) in [4.78, 5) is 10.1. The molecule has 5 nitrogen and oxygen atoms in total. The zero-order valence-electron chi connectivity index (χ0n) is 7.19. The third-order valence-corrected chi connectivity index (χ3v) is 3.25. The van der Waals surface area contributed by atoms with Crippen molar-refractivity contribution in [2.45, 2.75) is 31.7 Å². The van der Waals surface area contributed by atoms with Crippen molar-refractivity contribution in [2.24, 2.45) is 0 Å². The molecule has 76 valence electrons. The van der Waals surface area contributed by atoms with E-state index < -0.39 is 16.0 Å². The van der Waals surface area contributed by atoms with Crippen LogP contribution in [0.4, 0.5) is 0 Å². The van der Waals surface area contributed by atoms with Gasteiger partial charge in [-0.05, 0) is 19.3 Å². The fraction of sp³-hybridized carbons (Fsp3) is 0.857. The van der Waals surface area contributed by atoms with Crippen LogP contribution in [0.15, 0.2) is 0 Å². The summed E-state index contributed by atoms with van der Waals surface area (Å²) in [5.74, 6) is -1.04. The van der Waals surface area contributed by atoms with Gasteiger partial charge >= 0.3 is 5.97 Å². The van der Waals surface area contributed by atoms with Gasteiger partial charge in [0.25, 0.3) is 0 Å². The molecule has 1 aliphatic rings. The number of carboxylic acids is 1. The van der Waals surface area contributed by atoms with Crippen LogP contribution in [0.1, 0.15) is 25.7 Å². The van der Waals surface area contributed by atoms with Crippen molar-refractivity contribution >= 4 is 16.0 Å². The lowest BCUT2D eigenvalue weighted by Gasteiger charge is -2.03. The summed E-state index contributed by atoms with van der Waals surface area (Å²) in [5, 5.41) is 8.29. The fourth-order valence-electron chi connectivity index (χ4n) is 0.927. The van der Waals surface area contributed by atoms with E-state index in [1.54, 1.807) is 0 Å². The van der Waals surface area contributed by atoms with Gasteiger partial charge in [-0.15, -0.1) is 0 Å². The van der Waals surface area contributed by atoms with E-state index in [0.717, 1.165) is 12.8 Å². The lowest BCUT2D eigenvalue weighted by atomic mass is 10.3. The predicted octanol–water partition coefficient (Wildman–Crippen LogP) is -0.0670. The Kier molecular flexibility index (Phi) is 3.27. The van der Waals surface area contributed by atoms with E-state index >= 15 is 0 Å². The maximum Gasteiger partial charge on any atom is 0.303 e. The maximum atomic E-state index is 11.2. The molecule has 0 aliphatic heterocycles. The molecular weight excluding hydrogens is 194 g/mol. The van der Waals surface area contributed by atoms with Gasteiger partial charge in [-0.3, -0.25) is 4.79 Å². The molecule has 1 saturated carbocycles. The number of hydrogen-bond acceptors (Lipinski definition) is 3. The number of hydrogen-bond donors (Lipinski definition) is 2. The first-order valence-electron chi connectivity index (χ1n) is 4.21. The van der Waals surface area contributed by atoms with E-state index in [4.69, 9.17) is 5.11 Å². The molecule has 1 aliphatic carbocycles. The van der Waals surface area contributed by atoms with E-state index in [0.29, 0.717) is 0 Å². The molecular formula is C7H13NO4S. The van der Waals surface area contributed by atoms with Crippen molar-refractivity contribution in [3.63, 3.8) is 0 Å². The Balaban J connectivity index is 2.21. The summed E-state index contributed by atoms with van der Waals surface area (Å²) >= 11 is 0. The highest BCUT2D eigenvalue weighted by Gasteiger charge is 2.26. The molecule has 0 radical (unpaired) electrons. The molecule has 0 bridgehead atoms. The predicted molar refractivity (Wildman–Crippen MR) is 46.8 cm³/mol. The van der Waals surface area contributed by atoms with Gasteiger partial charge in [0, 0.05) is 12.5 Å². The largest absolute Gasteiger partial charge is 0.481 e. The molecule has 0 aromatic rings. The van der Waals surface area contributed by atoms with Gasteiger partial charge in [0.15, 0.2) is 0 Å². The highest BCUT2D eigenvalue weighted by Crippen LogP contribution is 2.19. The minimum absolute atomic E-state index is 0.0875. The molecule has 0 aromatic carbocycles. The van der Waals surface area contributed by atoms with Gasteiger partial charge in [-0.1, -0.05) is 0 Å². The quantitative estimate of drug-likeness (QED) is 0.638. The molecule has 2 N–H and O–H groups in total. The Morgan fingerprint density at radius 1 is 1.46 bits per heavy atom. The van der Waals surface area contributed by atoms with Crippen molar-refractivity contribution < 1.29 is 18.3 Å². The third kappa shape index (κ3) is 4.84. The molecule has 0 aromatic heterocycles. The molecule has 0 atom stereocenters. The van der Waals surface area contributed by atoms with Crippen molar-refractivity contribution in [2.75, 3.05) is 5.75 Å². The van der Waals surface area contributed by atoms with E-state index in [9.17, 15) is 13.2 Å². The standard InChI is InChI=1S/C7H13NO4S/c9-7(10)2-1-5-13(11,12)8-6-3-4-6/h6,8H,1-5H2,(H,9,10). The first-order chi connectivity index (χ1) is 5.99. The summed E-state index contributed by atoms with van der Waals surface area (Å²) in [6, 6.07) is 0.106. The highest BCUT2D eigenvalue weighted by atomic mass is 32.2. The number of rotatable bonds is 6. The topological polar surface area (TPSA) is 83.5 Å². The summed E-state index contributed by atoms with van der Waals surface area (Å²) < 4.78 is 24.8. The Morgan fingerprint density at radius 3 is 2.54 bits per heavy atom.